The third-order valence-corrected chi connectivity index (χ3v) is 4.00. The topological polar surface area (TPSA) is 67.6 Å². The van der Waals surface area contributed by atoms with Crippen molar-refractivity contribution in [3.63, 3.8) is 0 Å². The maximum atomic E-state index is 11.0. The molecule has 0 saturated heterocycles. The smallest absolute Gasteiger partial charge is 0.316 e. The molecule has 22 heavy (non-hydrogen) atoms. The Labute approximate surface area is 133 Å². The van der Waals surface area contributed by atoms with Crippen molar-refractivity contribution in [1.29, 1.82) is 0 Å². The molecule has 5 nitrogen and oxygen atoms in total. The van der Waals surface area contributed by atoms with Crippen molar-refractivity contribution in [2.75, 3.05) is 23.9 Å². The molecule has 2 aromatic carbocycles. The summed E-state index contributed by atoms with van der Waals surface area (Å²) in [6.45, 7) is 0.846. The summed E-state index contributed by atoms with van der Waals surface area (Å²) in [6.07, 6.45) is 0.872. The molecule has 2 aromatic rings. The summed E-state index contributed by atoms with van der Waals surface area (Å²) in [5.74, 6) is 0.809. The number of nitrogens with two attached hydrogens (primary N) is 1. The van der Waals surface area contributed by atoms with Crippen molar-refractivity contribution in [2.24, 2.45) is 5.73 Å². The van der Waals surface area contributed by atoms with Crippen molar-refractivity contribution in [3.05, 3.63) is 47.0 Å². The molecule has 1 heterocycles. The van der Waals surface area contributed by atoms with E-state index in [-0.39, 0.29) is 0 Å². The van der Waals surface area contributed by atoms with Crippen LogP contribution in [0.1, 0.15) is 5.56 Å². The number of hydrogen-bond acceptors (Lipinski definition) is 3. The normalized spacial score (nSPS) is 12.9. The van der Waals surface area contributed by atoms with Gasteiger partial charge in [-0.15, -0.1) is 0 Å². The maximum Gasteiger partial charge on any atom is 0.316 e. The number of fused-ring (bicyclic) bond motifs is 1. The zero-order valence-corrected chi connectivity index (χ0v) is 12.9. The fraction of sp³-hybridized carbons (Fsp3) is 0.188. The average molecular weight is 318 g/mol. The summed E-state index contributed by atoms with van der Waals surface area (Å²) in [6, 6.07) is 11.0. The number of anilines is 3. The minimum Gasteiger partial charge on any atom is -0.497 e. The largest absolute Gasteiger partial charge is 0.497 e. The van der Waals surface area contributed by atoms with E-state index in [1.165, 1.54) is 0 Å². The summed E-state index contributed by atoms with van der Waals surface area (Å²) in [5.41, 5.74) is 8.90. The summed E-state index contributed by atoms with van der Waals surface area (Å²) >= 11 is 6.24. The third kappa shape index (κ3) is 2.67. The molecular formula is C16H16ClN3O2. The Kier molecular flexibility index (Phi) is 3.81. The molecular weight excluding hydrogens is 302 g/mol. The Morgan fingerprint density at radius 1 is 1.36 bits per heavy atom. The number of benzene rings is 2. The molecule has 0 aliphatic carbocycles. The van der Waals surface area contributed by atoms with Gasteiger partial charge in [0, 0.05) is 24.0 Å². The molecule has 0 aromatic heterocycles. The van der Waals surface area contributed by atoms with E-state index in [1.807, 2.05) is 36.4 Å². The lowest BCUT2D eigenvalue weighted by Gasteiger charge is -2.21. The lowest BCUT2D eigenvalue weighted by molar-refractivity contribution is 0.259. The van der Waals surface area contributed by atoms with Crippen molar-refractivity contribution in [2.45, 2.75) is 6.42 Å². The number of carbonyl (C=O) groups excluding carboxylic acids is 1. The van der Waals surface area contributed by atoms with Gasteiger partial charge in [-0.3, -0.25) is 0 Å². The minimum atomic E-state index is -0.621. The summed E-state index contributed by atoms with van der Waals surface area (Å²) in [7, 11) is 1.65. The van der Waals surface area contributed by atoms with Gasteiger partial charge in [0.25, 0.3) is 0 Å². The number of nitrogens with one attached hydrogen (secondary N) is 1. The standard InChI is InChI=1S/C16H16ClN3O2/c1-22-12-4-2-3-11(8-12)20-6-5-10-7-14(19-16(18)21)13(17)9-15(10)20/h2-4,7-9H,5-6H2,1H3,(H3,18,19,21). The lowest BCUT2D eigenvalue weighted by atomic mass is 10.1. The van der Waals surface area contributed by atoms with Crippen LogP contribution in [0.5, 0.6) is 5.75 Å². The number of carbonyl (C=O) groups is 1. The fourth-order valence-electron chi connectivity index (χ4n) is 2.69. The SMILES string of the molecule is COc1cccc(N2CCc3cc(NC(N)=O)c(Cl)cc32)c1. The summed E-state index contributed by atoms with van der Waals surface area (Å²) in [4.78, 5) is 13.2. The molecule has 3 rings (SSSR count). The lowest BCUT2D eigenvalue weighted by Crippen LogP contribution is -2.19. The molecule has 0 radical (unpaired) electrons. The molecule has 1 aliphatic rings. The Morgan fingerprint density at radius 2 is 2.18 bits per heavy atom. The Bertz CT molecular complexity index is 733. The number of primary amides is 1. The second-order valence-electron chi connectivity index (χ2n) is 5.05. The van der Waals surface area contributed by atoms with Crippen LogP contribution in [0.4, 0.5) is 21.9 Å². The van der Waals surface area contributed by atoms with Crippen LogP contribution in [0.3, 0.4) is 0 Å². The highest BCUT2D eigenvalue weighted by molar-refractivity contribution is 6.34. The highest BCUT2D eigenvalue weighted by Gasteiger charge is 2.23. The van der Waals surface area contributed by atoms with Gasteiger partial charge >= 0.3 is 6.03 Å². The number of methoxy groups -OCH3 is 1. The Balaban J connectivity index is 1.97. The van der Waals surface area contributed by atoms with Crippen LogP contribution in [0, 0.1) is 0 Å². The molecule has 0 bridgehead atoms. The first-order valence-electron chi connectivity index (χ1n) is 6.89. The maximum absolute atomic E-state index is 11.0. The van der Waals surface area contributed by atoms with Crippen molar-refractivity contribution >= 4 is 34.7 Å². The number of rotatable bonds is 3. The molecule has 114 valence electrons. The molecule has 3 N–H and O–H groups in total. The van der Waals surface area contributed by atoms with Crippen molar-refractivity contribution in [3.8, 4) is 5.75 Å². The predicted molar refractivity (Wildman–Crippen MR) is 88.4 cm³/mol. The van der Waals surface area contributed by atoms with Gasteiger partial charge in [-0.1, -0.05) is 17.7 Å². The predicted octanol–water partition coefficient (Wildman–Crippen LogP) is 3.53. The molecule has 0 atom stereocenters. The highest BCUT2D eigenvalue weighted by Crippen LogP contribution is 2.40. The second-order valence-corrected chi connectivity index (χ2v) is 5.46. The van der Waals surface area contributed by atoms with Gasteiger partial charge in [0.15, 0.2) is 0 Å². The van der Waals surface area contributed by atoms with Crippen LogP contribution in [0.2, 0.25) is 5.02 Å². The number of urea groups is 1. The molecule has 6 heteroatoms. The number of amides is 2. The molecule has 2 amide bonds. The van der Waals surface area contributed by atoms with Gasteiger partial charge in [0.1, 0.15) is 5.75 Å². The third-order valence-electron chi connectivity index (χ3n) is 3.69. The van der Waals surface area contributed by atoms with Crippen LogP contribution in [-0.2, 0) is 6.42 Å². The molecule has 0 unspecified atom stereocenters. The monoisotopic (exact) mass is 317 g/mol. The van der Waals surface area contributed by atoms with E-state index in [1.54, 1.807) is 7.11 Å². The van der Waals surface area contributed by atoms with Crippen LogP contribution in [-0.4, -0.2) is 19.7 Å². The number of ether oxygens (including phenoxy) is 1. The quantitative estimate of drug-likeness (QED) is 0.910. The number of nitrogens with zero attached hydrogens (tertiary/aromatic N) is 1. The van der Waals surface area contributed by atoms with E-state index in [9.17, 15) is 4.79 Å². The van der Waals surface area contributed by atoms with Gasteiger partial charge in [-0.05, 0) is 36.2 Å². The van der Waals surface area contributed by atoms with Crippen LogP contribution >= 0.6 is 11.6 Å². The Morgan fingerprint density at radius 3 is 2.91 bits per heavy atom. The van der Waals surface area contributed by atoms with Crippen LogP contribution < -0.4 is 20.7 Å². The van der Waals surface area contributed by atoms with Gasteiger partial charge in [-0.25, -0.2) is 4.79 Å². The molecule has 0 fully saturated rings. The zero-order chi connectivity index (χ0) is 15.7. The van der Waals surface area contributed by atoms with Crippen LogP contribution in [0.15, 0.2) is 36.4 Å². The van der Waals surface area contributed by atoms with Gasteiger partial charge in [-0.2, -0.15) is 0 Å². The van der Waals surface area contributed by atoms with Crippen LogP contribution in [0.25, 0.3) is 0 Å². The molecule has 0 saturated carbocycles. The van der Waals surface area contributed by atoms with E-state index < -0.39 is 6.03 Å². The molecule has 0 spiro atoms. The number of halogens is 1. The zero-order valence-electron chi connectivity index (χ0n) is 12.1. The van der Waals surface area contributed by atoms with Gasteiger partial charge in [0.2, 0.25) is 0 Å². The first-order valence-corrected chi connectivity index (χ1v) is 7.27. The van der Waals surface area contributed by atoms with E-state index in [4.69, 9.17) is 22.1 Å². The van der Waals surface area contributed by atoms with Gasteiger partial charge < -0.3 is 20.7 Å². The van der Waals surface area contributed by atoms with Crippen molar-refractivity contribution < 1.29 is 9.53 Å². The van der Waals surface area contributed by atoms with E-state index >= 15 is 0 Å². The van der Waals surface area contributed by atoms with Crippen molar-refractivity contribution in [1.82, 2.24) is 0 Å². The second kappa shape index (κ2) is 5.77. The first kappa shape index (κ1) is 14.5. The average Bonchev–Trinajstić information content (AvgIpc) is 2.90. The van der Waals surface area contributed by atoms with E-state index in [2.05, 4.69) is 10.2 Å². The van der Waals surface area contributed by atoms with E-state index in [0.717, 1.165) is 35.7 Å². The Hall–Kier alpha value is -2.40. The summed E-state index contributed by atoms with van der Waals surface area (Å²) in [5, 5.41) is 3.01. The van der Waals surface area contributed by atoms with E-state index in [0.29, 0.717) is 10.7 Å². The first-order chi connectivity index (χ1) is 10.6. The fourth-order valence-corrected chi connectivity index (χ4v) is 2.89. The summed E-state index contributed by atoms with van der Waals surface area (Å²) < 4.78 is 5.27. The minimum absolute atomic E-state index is 0.465. The number of hydrogen-bond donors (Lipinski definition) is 2. The highest BCUT2D eigenvalue weighted by atomic mass is 35.5. The van der Waals surface area contributed by atoms with Gasteiger partial charge in [0.05, 0.1) is 17.8 Å². The molecule has 1 aliphatic heterocycles.